The summed E-state index contributed by atoms with van der Waals surface area (Å²) in [7, 11) is -3.72. The topological polar surface area (TPSA) is 81.4 Å². The summed E-state index contributed by atoms with van der Waals surface area (Å²) in [4.78, 5) is 0.0778. The van der Waals surface area contributed by atoms with E-state index in [9.17, 15) is 8.42 Å². The standard InChI is InChI=1S/C14H18N2O4S/c1-5-19-13-7-6-12(8-9(13)2)16-21(17,18)14-10(3)15-20-11(14)4/h6-8,16H,5H2,1-4H3. The highest BCUT2D eigenvalue weighted by atomic mass is 32.2. The monoisotopic (exact) mass is 310 g/mol. The Kier molecular flexibility index (Phi) is 4.22. The van der Waals surface area contributed by atoms with Crippen LogP contribution in [0, 0.1) is 20.8 Å². The Morgan fingerprint density at radius 1 is 1.29 bits per heavy atom. The molecule has 114 valence electrons. The molecule has 2 aromatic rings. The largest absolute Gasteiger partial charge is 0.494 e. The van der Waals surface area contributed by atoms with Gasteiger partial charge in [-0.15, -0.1) is 0 Å². The molecule has 1 N–H and O–H groups in total. The van der Waals surface area contributed by atoms with E-state index in [0.717, 1.165) is 11.3 Å². The van der Waals surface area contributed by atoms with E-state index >= 15 is 0 Å². The number of anilines is 1. The summed E-state index contributed by atoms with van der Waals surface area (Å²) < 4.78 is 37.6. The van der Waals surface area contributed by atoms with Crippen LogP contribution in [-0.4, -0.2) is 20.2 Å². The van der Waals surface area contributed by atoms with Crippen molar-refractivity contribution in [3.05, 3.63) is 35.2 Å². The first-order valence-electron chi connectivity index (χ1n) is 6.54. The lowest BCUT2D eigenvalue weighted by atomic mass is 10.2. The molecule has 0 bridgehead atoms. The summed E-state index contributed by atoms with van der Waals surface area (Å²) >= 11 is 0. The highest BCUT2D eigenvalue weighted by Gasteiger charge is 2.24. The number of hydrogen-bond donors (Lipinski definition) is 1. The van der Waals surface area contributed by atoms with E-state index < -0.39 is 10.0 Å². The number of nitrogens with zero attached hydrogens (tertiary/aromatic N) is 1. The molecule has 0 aliphatic carbocycles. The summed E-state index contributed by atoms with van der Waals surface area (Å²) in [6, 6.07) is 5.12. The molecule has 0 spiro atoms. The average Bonchev–Trinajstić information content (AvgIpc) is 2.73. The molecule has 0 unspecified atom stereocenters. The second-order valence-electron chi connectivity index (χ2n) is 4.67. The van der Waals surface area contributed by atoms with Crippen molar-refractivity contribution in [2.24, 2.45) is 0 Å². The molecule has 2 rings (SSSR count). The molecule has 6 nitrogen and oxygen atoms in total. The minimum absolute atomic E-state index is 0.0778. The number of hydrogen-bond acceptors (Lipinski definition) is 5. The van der Waals surface area contributed by atoms with Gasteiger partial charge in [0, 0.05) is 5.69 Å². The molecule has 0 aliphatic rings. The van der Waals surface area contributed by atoms with Crippen LogP contribution in [0.15, 0.2) is 27.6 Å². The first-order valence-corrected chi connectivity index (χ1v) is 8.02. The predicted octanol–water partition coefficient (Wildman–Crippen LogP) is 2.80. The van der Waals surface area contributed by atoms with Gasteiger partial charge in [-0.3, -0.25) is 4.72 Å². The minimum Gasteiger partial charge on any atom is -0.494 e. The van der Waals surface area contributed by atoms with Crippen molar-refractivity contribution in [3.63, 3.8) is 0 Å². The Morgan fingerprint density at radius 2 is 2.00 bits per heavy atom. The number of nitrogens with one attached hydrogen (secondary N) is 1. The van der Waals surface area contributed by atoms with Crippen molar-refractivity contribution in [2.75, 3.05) is 11.3 Å². The van der Waals surface area contributed by atoms with Crippen LogP contribution in [0.2, 0.25) is 0 Å². The Bertz CT molecular complexity index is 731. The fourth-order valence-electron chi connectivity index (χ4n) is 2.09. The first kappa shape index (κ1) is 15.4. The zero-order valence-electron chi connectivity index (χ0n) is 12.4. The predicted molar refractivity (Wildman–Crippen MR) is 79.1 cm³/mol. The lowest BCUT2D eigenvalue weighted by Crippen LogP contribution is -2.14. The molecule has 1 aromatic heterocycles. The van der Waals surface area contributed by atoms with E-state index in [1.165, 1.54) is 0 Å². The van der Waals surface area contributed by atoms with Crippen LogP contribution in [0.3, 0.4) is 0 Å². The highest BCUT2D eigenvalue weighted by Crippen LogP contribution is 2.26. The molecule has 1 aromatic carbocycles. The maximum absolute atomic E-state index is 12.4. The van der Waals surface area contributed by atoms with Gasteiger partial charge in [0.1, 0.15) is 11.4 Å². The molecule has 0 amide bonds. The number of rotatable bonds is 5. The number of ether oxygens (including phenoxy) is 1. The van der Waals surface area contributed by atoms with Gasteiger partial charge >= 0.3 is 0 Å². The highest BCUT2D eigenvalue weighted by molar-refractivity contribution is 7.92. The molecule has 0 saturated heterocycles. The Balaban J connectivity index is 2.31. The molecule has 7 heteroatoms. The van der Waals surface area contributed by atoms with Gasteiger partial charge in [0.25, 0.3) is 10.0 Å². The van der Waals surface area contributed by atoms with Crippen LogP contribution >= 0.6 is 0 Å². The van der Waals surface area contributed by atoms with Crippen molar-refractivity contribution in [1.82, 2.24) is 5.16 Å². The molecule has 0 saturated carbocycles. The van der Waals surface area contributed by atoms with Crippen molar-refractivity contribution in [1.29, 1.82) is 0 Å². The molecule has 21 heavy (non-hydrogen) atoms. The SMILES string of the molecule is CCOc1ccc(NS(=O)(=O)c2c(C)noc2C)cc1C. The lowest BCUT2D eigenvalue weighted by Gasteiger charge is -2.11. The van der Waals surface area contributed by atoms with E-state index in [2.05, 4.69) is 9.88 Å². The third kappa shape index (κ3) is 3.18. The maximum Gasteiger partial charge on any atom is 0.267 e. The van der Waals surface area contributed by atoms with Crippen molar-refractivity contribution >= 4 is 15.7 Å². The van der Waals surface area contributed by atoms with Gasteiger partial charge in [-0.1, -0.05) is 5.16 Å². The number of aromatic nitrogens is 1. The Morgan fingerprint density at radius 3 is 2.52 bits per heavy atom. The van der Waals surface area contributed by atoms with Crippen LogP contribution < -0.4 is 9.46 Å². The number of aryl methyl sites for hydroxylation is 3. The van der Waals surface area contributed by atoms with Gasteiger partial charge in [0.2, 0.25) is 0 Å². The lowest BCUT2D eigenvalue weighted by molar-refractivity contribution is 0.338. The van der Waals surface area contributed by atoms with E-state index in [4.69, 9.17) is 9.26 Å². The summed E-state index contributed by atoms with van der Waals surface area (Å²) in [6.45, 7) is 7.48. The molecular formula is C14H18N2O4S. The summed E-state index contributed by atoms with van der Waals surface area (Å²) in [5.41, 5.74) is 1.66. The first-order chi connectivity index (χ1) is 9.85. The fourth-order valence-corrected chi connectivity index (χ4v) is 3.48. The molecule has 1 heterocycles. The third-order valence-electron chi connectivity index (χ3n) is 2.96. The molecule has 0 fully saturated rings. The Hall–Kier alpha value is -2.02. The van der Waals surface area contributed by atoms with Crippen molar-refractivity contribution in [2.45, 2.75) is 32.6 Å². The van der Waals surface area contributed by atoms with Crippen molar-refractivity contribution in [3.8, 4) is 5.75 Å². The van der Waals surface area contributed by atoms with Crippen LogP contribution in [0.25, 0.3) is 0 Å². The summed E-state index contributed by atoms with van der Waals surface area (Å²) in [5.74, 6) is 1.00. The van der Waals surface area contributed by atoms with E-state index in [0.29, 0.717) is 18.0 Å². The van der Waals surface area contributed by atoms with Gasteiger partial charge in [-0.05, 0) is 51.5 Å². The normalized spacial score (nSPS) is 11.4. The van der Waals surface area contributed by atoms with E-state index in [1.54, 1.807) is 32.0 Å². The van der Waals surface area contributed by atoms with Crippen LogP contribution in [0.5, 0.6) is 5.75 Å². The Labute approximate surface area is 124 Å². The van der Waals surface area contributed by atoms with Gasteiger partial charge in [-0.2, -0.15) is 0 Å². The van der Waals surface area contributed by atoms with Crippen LogP contribution in [0.1, 0.15) is 23.9 Å². The van der Waals surface area contributed by atoms with Crippen molar-refractivity contribution < 1.29 is 17.7 Å². The molecule has 0 aliphatic heterocycles. The smallest absolute Gasteiger partial charge is 0.267 e. The average molecular weight is 310 g/mol. The number of sulfonamides is 1. The summed E-state index contributed by atoms with van der Waals surface area (Å²) in [5, 5.41) is 3.67. The zero-order chi connectivity index (χ0) is 15.6. The van der Waals surface area contributed by atoms with Gasteiger partial charge in [0.05, 0.1) is 6.61 Å². The zero-order valence-corrected chi connectivity index (χ0v) is 13.2. The van der Waals surface area contributed by atoms with E-state index in [1.807, 2.05) is 13.8 Å². The molecule has 0 radical (unpaired) electrons. The summed E-state index contributed by atoms with van der Waals surface area (Å²) in [6.07, 6.45) is 0. The van der Waals surface area contributed by atoms with E-state index in [-0.39, 0.29) is 10.7 Å². The second kappa shape index (κ2) is 5.77. The molecular weight excluding hydrogens is 292 g/mol. The van der Waals surface area contributed by atoms with Gasteiger partial charge in [-0.25, -0.2) is 8.42 Å². The van der Waals surface area contributed by atoms with Crippen LogP contribution in [-0.2, 0) is 10.0 Å². The quantitative estimate of drug-likeness (QED) is 0.918. The maximum atomic E-state index is 12.4. The van der Waals surface area contributed by atoms with Gasteiger partial charge < -0.3 is 9.26 Å². The molecule has 0 atom stereocenters. The third-order valence-corrected chi connectivity index (χ3v) is 4.59. The van der Waals surface area contributed by atoms with Crippen LogP contribution in [0.4, 0.5) is 5.69 Å². The fraction of sp³-hybridized carbons (Fsp3) is 0.357. The minimum atomic E-state index is -3.72. The number of benzene rings is 1. The van der Waals surface area contributed by atoms with Gasteiger partial charge in [0.15, 0.2) is 10.7 Å². The second-order valence-corrected chi connectivity index (χ2v) is 6.29.